The highest BCUT2D eigenvalue weighted by molar-refractivity contribution is 5.98. The van der Waals surface area contributed by atoms with Gasteiger partial charge < -0.3 is 4.74 Å². The lowest BCUT2D eigenvalue weighted by molar-refractivity contribution is 0.0991. The van der Waals surface area contributed by atoms with Crippen molar-refractivity contribution in [1.29, 1.82) is 0 Å². The lowest BCUT2D eigenvalue weighted by Gasteiger charge is -2.10. The normalized spacial score (nSPS) is 13.4. The Balaban J connectivity index is 1.52. The van der Waals surface area contributed by atoms with Gasteiger partial charge in [-0.05, 0) is 56.0 Å². The van der Waals surface area contributed by atoms with Gasteiger partial charge in [0.1, 0.15) is 5.75 Å². The van der Waals surface area contributed by atoms with E-state index in [2.05, 4.69) is 15.0 Å². The predicted molar refractivity (Wildman–Crippen MR) is 103 cm³/mol. The first kappa shape index (κ1) is 17.3. The molecule has 5 nitrogen and oxygen atoms in total. The summed E-state index contributed by atoms with van der Waals surface area (Å²) in [5.41, 5.74) is 5.09. The van der Waals surface area contributed by atoms with Crippen LogP contribution in [0.4, 0.5) is 0 Å². The Morgan fingerprint density at radius 3 is 2.63 bits per heavy atom. The van der Waals surface area contributed by atoms with Gasteiger partial charge in [-0.15, -0.1) is 0 Å². The second-order valence-electron chi connectivity index (χ2n) is 6.98. The van der Waals surface area contributed by atoms with Crippen LogP contribution in [-0.2, 0) is 6.42 Å². The maximum Gasteiger partial charge on any atom is 0.170 e. The second kappa shape index (κ2) is 7.27. The third kappa shape index (κ3) is 4.03. The number of hydrogen-bond acceptors (Lipinski definition) is 5. The summed E-state index contributed by atoms with van der Waals surface area (Å²) < 4.78 is 5.88. The molecule has 0 atom stereocenters. The van der Waals surface area contributed by atoms with Crippen molar-refractivity contribution >= 4 is 5.78 Å². The zero-order valence-electron chi connectivity index (χ0n) is 15.5. The van der Waals surface area contributed by atoms with E-state index in [1.54, 1.807) is 24.8 Å². The Kier molecular flexibility index (Phi) is 4.67. The summed E-state index contributed by atoms with van der Waals surface area (Å²) in [5, 5.41) is 0. The van der Waals surface area contributed by atoms with Gasteiger partial charge in [0.25, 0.3) is 0 Å². The number of carbonyl (C=O) groups excluding carboxylic acids is 1. The molecule has 1 aliphatic rings. The van der Waals surface area contributed by atoms with E-state index in [0.717, 1.165) is 41.0 Å². The second-order valence-corrected chi connectivity index (χ2v) is 6.98. The van der Waals surface area contributed by atoms with Crippen molar-refractivity contribution in [2.24, 2.45) is 0 Å². The zero-order chi connectivity index (χ0) is 18.8. The molecule has 0 spiro atoms. The highest BCUT2D eigenvalue weighted by atomic mass is 16.5. The number of benzene rings is 1. The summed E-state index contributed by atoms with van der Waals surface area (Å²) in [4.78, 5) is 25.5. The van der Waals surface area contributed by atoms with Crippen molar-refractivity contribution in [3.05, 3.63) is 71.4 Å². The van der Waals surface area contributed by atoms with Crippen molar-refractivity contribution in [1.82, 2.24) is 15.0 Å². The zero-order valence-corrected chi connectivity index (χ0v) is 15.5. The number of aromatic nitrogens is 3. The number of carbonyl (C=O) groups is 1. The molecule has 2 aromatic heterocycles. The van der Waals surface area contributed by atoms with Gasteiger partial charge in [-0.3, -0.25) is 19.7 Å². The van der Waals surface area contributed by atoms with Gasteiger partial charge in [0.15, 0.2) is 5.78 Å². The van der Waals surface area contributed by atoms with Gasteiger partial charge in [-0.1, -0.05) is 6.07 Å². The molecule has 1 aliphatic carbocycles. The van der Waals surface area contributed by atoms with Crippen molar-refractivity contribution in [3.63, 3.8) is 0 Å². The summed E-state index contributed by atoms with van der Waals surface area (Å²) in [6.45, 7) is 3.95. The highest BCUT2D eigenvalue weighted by Gasteiger charge is 2.23. The van der Waals surface area contributed by atoms with E-state index >= 15 is 0 Å². The SMILES string of the molecule is Cc1ccncc1C(=O)Cc1cnc(-c2cc(OC3CC3)ccc2C)cn1. The van der Waals surface area contributed by atoms with Crippen LogP contribution in [-0.4, -0.2) is 26.8 Å². The van der Waals surface area contributed by atoms with Crippen molar-refractivity contribution in [2.75, 3.05) is 0 Å². The molecule has 2 heterocycles. The standard InChI is InChI=1S/C22H21N3O2/c1-14-3-4-18(27-17-5-6-17)10-19(14)21-13-24-16(11-25-21)9-22(26)20-12-23-8-7-15(20)2/h3-4,7-8,10-13,17H,5-6,9H2,1-2H3. The van der Waals surface area contributed by atoms with E-state index in [0.29, 0.717) is 17.4 Å². The average molecular weight is 359 g/mol. The molecule has 5 heteroatoms. The van der Waals surface area contributed by atoms with E-state index in [4.69, 9.17) is 4.74 Å². The van der Waals surface area contributed by atoms with Crippen molar-refractivity contribution < 1.29 is 9.53 Å². The van der Waals surface area contributed by atoms with E-state index in [-0.39, 0.29) is 12.2 Å². The topological polar surface area (TPSA) is 65.0 Å². The Hall–Kier alpha value is -3.08. The van der Waals surface area contributed by atoms with E-state index < -0.39 is 0 Å². The minimum Gasteiger partial charge on any atom is -0.490 e. The van der Waals surface area contributed by atoms with E-state index in [1.807, 2.05) is 38.1 Å². The number of rotatable bonds is 6. The maximum atomic E-state index is 12.5. The molecule has 27 heavy (non-hydrogen) atoms. The molecule has 1 aromatic carbocycles. The Morgan fingerprint density at radius 1 is 1.07 bits per heavy atom. The molecule has 3 aromatic rings. The molecule has 0 unspecified atom stereocenters. The molecule has 0 amide bonds. The third-order valence-corrected chi connectivity index (χ3v) is 4.70. The molecule has 1 fully saturated rings. The first-order valence-corrected chi connectivity index (χ1v) is 9.12. The largest absolute Gasteiger partial charge is 0.490 e. The molecular weight excluding hydrogens is 338 g/mol. The summed E-state index contributed by atoms with van der Waals surface area (Å²) >= 11 is 0. The van der Waals surface area contributed by atoms with E-state index in [1.165, 1.54) is 0 Å². The molecule has 0 N–H and O–H groups in total. The summed E-state index contributed by atoms with van der Waals surface area (Å²) in [7, 11) is 0. The number of ketones is 1. The van der Waals surface area contributed by atoms with Crippen LogP contribution in [0.25, 0.3) is 11.3 Å². The number of aryl methyl sites for hydroxylation is 2. The predicted octanol–water partition coefficient (Wildman–Crippen LogP) is 4.12. The highest BCUT2D eigenvalue weighted by Crippen LogP contribution is 2.31. The van der Waals surface area contributed by atoms with Crippen LogP contribution in [0, 0.1) is 13.8 Å². The minimum absolute atomic E-state index is 0.00124. The van der Waals surface area contributed by atoms with Crippen LogP contribution in [0.1, 0.15) is 40.0 Å². The number of hydrogen-bond donors (Lipinski definition) is 0. The van der Waals surface area contributed by atoms with Crippen LogP contribution in [0.3, 0.4) is 0 Å². The fraction of sp³-hybridized carbons (Fsp3) is 0.273. The molecule has 0 aliphatic heterocycles. The van der Waals surface area contributed by atoms with Gasteiger partial charge in [-0.2, -0.15) is 0 Å². The Morgan fingerprint density at radius 2 is 1.93 bits per heavy atom. The number of ether oxygens (including phenoxy) is 1. The molecule has 0 bridgehead atoms. The molecule has 0 saturated heterocycles. The van der Waals surface area contributed by atoms with Crippen molar-refractivity contribution in [3.8, 4) is 17.0 Å². The monoisotopic (exact) mass is 359 g/mol. The van der Waals surface area contributed by atoms with Crippen LogP contribution < -0.4 is 4.74 Å². The number of Topliss-reactive ketones (excluding diaryl/α,β-unsaturated/α-hetero) is 1. The van der Waals surface area contributed by atoms with Gasteiger partial charge in [0.2, 0.25) is 0 Å². The molecule has 136 valence electrons. The Bertz CT molecular complexity index is 979. The molecule has 0 radical (unpaired) electrons. The van der Waals surface area contributed by atoms with Crippen LogP contribution in [0.15, 0.2) is 49.1 Å². The third-order valence-electron chi connectivity index (χ3n) is 4.70. The summed E-state index contributed by atoms with van der Waals surface area (Å²) in [6, 6.07) is 7.88. The van der Waals surface area contributed by atoms with Crippen LogP contribution in [0.5, 0.6) is 5.75 Å². The summed E-state index contributed by atoms with van der Waals surface area (Å²) in [6.07, 6.45) is 9.51. The van der Waals surface area contributed by atoms with Gasteiger partial charge in [0, 0.05) is 29.7 Å². The lowest BCUT2D eigenvalue weighted by Crippen LogP contribution is -2.08. The van der Waals surface area contributed by atoms with E-state index in [9.17, 15) is 4.79 Å². The van der Waals surface area contributed by atoms with Gasteiger partial charge >= 0.3 is 0 Å². The fourth-order valence-electron chi connectivity index (χ4n) is 2.93. The first-order chi connectivity index (χ1) is 13.1. The fourth-order valence-corrected chi connectivity index (χ4v) is 2.93. The molecule has 4 rings (SSSR count). The van der Waals surface area contributed by atoms with Crippen molar-refractivity contribution in [2.45, 2.75) is 39.2 Å². The summed E-state index contributed by atoms with van der Waals surface area (Å²) in [5.74, 6) is 0.866. The molecular formula is C22H21N3O2. The smallest absolute Gasteiger partial charge is 0.170 e. The molecule has 1 saturated carbocycles. The van der Waals surface area contributed by atoms with Crippen LogP contribution >= 0.6 is 0 Å². The van der Waals surface area contributed by atoms with Crippen LogP contribution in [0.2, 0.25) is 0 Å². The maximum absolute atomic E-state index is 12.5. The lowest BCUT2D eigenvalue weighted by atomic mass is 10.0. The minimum atomic E-state index is -0.00124. The quantitative estimate of drug-likeness (QED) is 0.619. The van der Waals surface area contributed by atoms with Gasteiger partial charge in [0.05, 0.1) is 30.1 Å². The van der Waals surface area contributed by atoms with Gasteiger partial charge in [-0.25, -0.2) is 0 Å². The number of nitrogens with zero attached hydrogens (tertiary/aromatic N) is 3. The number of pyridine rings is 1. The Labute approximate surface area is 158 Å². The average Bonchev–Trinajstić information content (AvgIpc) is 3.48. The first-order valence-electron chi connectivity index (χ1n) is 9.12.